The Morgan fingerprint density at radius 3 is 1.48 bits per heavy atom. The van der Waals surface area contributed by atoms with E-state index in [9.17, 15) is 15.8 Å². The van der Waals surface area contributed by atoms with Gasteiger partial charge in [-0.05, 0) is 59.7 Å². The van der Waals surface area contributed by atoms with Crippen LogP contribution in [0.15, 0.2) is 194 Å². The molecular formula is C56H32N6. The van der Waals surface area contributed by atoms with Crippen molar-refractivity contribution >= 4 is 43.6 Å². The largest absolute Gasteiger partial charge is 0.307 e. The molecule has 11 aromatic rings. The van der Waals surface area contributed by atoms with Gasteiger partial charge in [-0.15, -0.1) is 0 Å². The number of nitriles is 3. The summed E-state index contributed by atoms with van der Waals surface area (Å²) in [7, 11) is 0. The normalized spacial score (nSPS) is 11.2. The van der Waals surface area contributed by atoms with Crippen molar-refractivity contribution in [3.05, 3.63) is 211 Å². The average molecular weight is 789 g/mol. The number of aromatic nitrogens is 3. The van der Waals surface area contributed by atoms with Crippen molar-refractivity contribution in [2.75, 3.05) is 0 Å². The van der Waals surface area contributed by atoms with Gasteiger partial charge in [0.15, 0.2) is 0 Å². The van der Waals surface area contributed by atoms with E-state index in [1.807, 2.05) is 91.0 Å². The van der Waals surface area contributed by atoms with Crippen molar-refractivity contribution in [1.82, 2.24) is 14.1 Å². The molecule has 6 heteroatoms. The van der Waals surface area contributed by atoms with Gasteiger partial charge in [-0.2, -0.15) is 15.8 Å². The number of hydrogen-bond donors (Lipinski definition) is 0. The molecule has 0 radical (unpaired) electrons. The second kappa shape index (κ2) is 14.7. The summed E-state index contributed by atoms with van der Waals surface area (Å²) in [6.07, 6.45) is 0. The molecule has 286 valence electrons. The molecule has 6 nitrogen and oxygen atoms in total. The minimum Gasteiger partial charge on any atom is -0.307 e. The predicted molar refractivity (Wildman–Crippen MR) is 249 cm³/mol. The van der Waals surface area contributed by atoms with E-state index in [0.717, 1.165) is 77.2 Å². The molecule has 0 saturated carbocycles. The third-order valence-corrected chi connectivity index (χ3v) is 11.8. The van der Waals surface area contributed by atoms with Gasteiger partial charge in [0.05, 0.1) is 56.2 Å². The fourth-order valence-corrected chi connectivity index (χ4v) is 9.23. The topological polar surface area (TPSA) is 94.1 Å². The highest BCUT2D eigenvalue weighted by atomic mass is 15.0. The van der Waals surface area contributed by atoms with E-state index in [2.05, 4.69) is 130 Å². The second-order valence-electron chi connectivity index (χ2n) is 15.2. The Morgan fingerprint density at radius 1 is 0.387 bits per heavy atom. The lowest BCUT2D eigenvalue weighted by Crippen LogP contribution is -2.02. The number of pyridine rings is 1. The second-order valence-corrected chi connectivity index (χ2v) is 15.2. The summed E-state index contributed by atoms with van der Waals surface area (Å²) in [5.74, 6) is 0. The Kier molecular flexibility index (Phi) is 8.54. The van der Waals surface area contributed by atoms with Crippen LogP contribution in [0.5, 0.6) is 0 Å². The maximum Gasteiger partial charge on any atom is 0.102 e. The first kappa shape index (κ1) is 36.1. The molecule has 3 aromatic heterocycles. The molecule has 0 fully saturated rings. The molecule has 0 saturated heterocycles. The fourth-order valence-electron chi connectivity index (χ4n) is 9.23. The summed E-state index contributed by atoms with van der Waals surface area (Å²) in [6.45, 7) is 0. The van der Waals surface area contributed by atoms with E-state index in [0.29, 0.717) is 33.6 Å². The van der Waals surface area contributed by atoms with Crippen LogP contribution in [0.3, 0.4) is 0 Å². The van der Waals surface area contributed by atoms with Crippen molar-refractivity contribution in [3.63, 3.8) is 0 Å². The van der Waals surface area contributed by atoms with Gasteiger partial charge in [0.1, 0.15) is 12.1 Å². The van der Waals surface area contributed by atoms with Crippen LogP contribution in [0.25, 0.3) is 99.8 Å². The van der Waals surface area contributed by atoms with E-state index in [-0.39, 0.29) is 5.56 Å². The molecule has 0 N–H and O–H groups in total. The maximum atomic E-state index is 11.1. The van der Waals surface area contributed by atoms with E-state index in [1.54, 1.807) is 0 Å². The smallest absolute Gasteiger partial charge is 0.102 e. The summed E-state index contributed by atoms with van der Waals surface area (Å²) < 4.78 is 4.71. The first-order valence-electron chi connectivity index (χ1n) is 20.3. The standard InChI is InChI=1S/C56H32N6/c57-33-39-31-38(54-48(35-59)51(36-17-5-1-6-18-36)47(34-58)53(60-54)37-19-7-2-8-20-37)29-30-42(39)45-32-46-43-25-13-15-27-49(43)61(40-21-9-3-10-22-40)55(46)56-52(45)44-26-14-16-28-50(44)62(56)41-23-11-4-12-24-41/h1-32H. The zero-order valence-electron chi connectivity index (χ0n) is 33.2. The van der Waals surface area contributed by atoms with Crippen LogP contribution in [-0.2, 0) is 0 Å². The number of benzene rings is 8. The summed E-state index contributed by atoms with van der Waals surface area (Å²) in [6, 6.07) is 72.3. The van der Waals surface area contributed by atoms with E-state index in [4.69, 9.17) is 4.98 Å². The number of para-hydroxylation sites is 4. The molecule has 0 unspecified atom stereocenters. The van der Waals surface area contributed by atoms with Gasteiger partial charge in [-0.3, -0.25) is 0 Å². The van der Waals surface area contributed by atoms with Crippen LogP contribution in [0.1, 0.15) is 16.7 Å². The lowest BCUT2D eigenvalue weighted by atomic mass is 9.88. The number of fused-ring (bicyclic) bond motifs is 7. The molecule has 0 aliphatic carbocycles. The van der Waals surface area contributed by atoms with Crippen LogP contribution < -0.4 is 0 Å². The maximum absolute atomic E-state index is 11.1. The van der Waals surface area contributed by atoms with Crippen molar-refractivity contribution in [1.29, 1.82) is 15.8 Å². The lowest BCUT2D eigenvalue weighted by molar-refractivity contribution is 1.15. The van der Waals surface area contributed by atoms with E-state index in [1.165, 1.54) is 0 Å². The molecular weight excluding hydrogens is 757 g/mol. The molecule has 8 aromatic carbocycles. The molecule has 3 heterocycles. The fraction of sp³-hybridized carbons (Fsp3) is 0. The summed E-state index contributed by atoms with van der Waals surface area (Å²) in [5, 5.41) is 36.9. The lowest BCUT2D eigenvalue weighted by Gasteiger charge is -2.17. The zero-order valence-corrected chi connectivity index (χ0v) is 33.2. The van der Waals surface area contributed by atoms with Crippen molar-refractivity contribution in [2.24, 2.45) is 0 Å². The highest BCUT2D eigenvalue weighted by molar-refractivity contribution is 6.28. The molecule has 0 spiro atoms. The highest BCUT2D eigenvalue weighted by Crippen LogP contribution is 2.47. The Bertz CT molecular complexity index is 3690. The first-order valence-corrected chi connectivity index (χ1v) is 20.3. The predicted octanol–water partition coefficient (Wildman–Crippen LogP) is 13.6. The van der Waals surface area contributed by atoms with Gasteiger partial charge >= 0.3 is 0 Å². The molecule has 0 bridgehead atoms. The van der Waals surface area contributed by atoms with Crippen molar-refractivity contribution in [2.45, 2.75) is 0 Å². The zero-order chi connectivity index (χ0) is 41.7. The minimum absolute atomic E-state index is 0.271. The van der Waals surface area contributed by atoms with Crippen LogP contribution in [0, 0.1) is 34.0 Å². The number of rotatable bonds is 6. The summed E-state index contributed by atoms with van der Waals surface area (Å²) in [5.41, 5.74) is 12.5. The van der Waals surface area contributed by atoms with Gasteiger partial charge in [0.25, 0.3) is 0 Å². The van der Waals surface area contributed by atoms with Gasteiger partial charge < -0.3 is 9.13 Å². The quantitative estimate of drug-likeness (QED) is 0.168. The van der Waals surface area contributed by atoms with Crippen molar-refractivity contribution < 1.29 is 0 Å². The van der Waals surface area contributed by atoms with Crippen molar-refractivity contribution in [3.8, 4) is 74.4 Å². The molecule has 0 atom stereocenters. The Morgan fingerprint density at radius 2 is 0.887 bits per heavy atom. The average Bonchev–Trinajstić information content (AvgIpc) is 3.87. The van der Waals surface area contributed by atoms with Crippen LogP contribution in [0.4, 0.5) is 0 Å². The molecule has 0 amide bonds. The van der Waals surface area contributed by atoms with Gasteiger partial charge in [-0.1, -0.05) is 146 Å². The molecule has 0 aliphatic rings. The first-order chi connectivity index (χ1) is 30.7. The third-order valence-electron chi connectivity index (χ3n) is 11.8. The van der Waals surface area contributed by atoms with Gasteiger partial charge in [-0.25, -0.2) is 4.98 Å². The van der Waals surface area contributed by atoms with Crippen LogP contribution in [-0.4, -0.2) is 14.1 Å². The Hall–Kier alpha value is -9.02. The SMILES string of the molecule is N#Cc1cc(-c2nc(-c3ccccc3)c(C#N)c(-c3ccccc3)c2C#N)ccc1-c1cc2c3ccccc3n(-c3ccccc3)c2c2c1c1ccccc1n2-c1ccccc1. The molecule has 0 aliphatic heterocycles. The number of hydrogen-bond acceptors (Lipinski definition) is 4. The molecule has 62 heavy (non-hydrogen) atoms. The Balaban J connectivity index is 1.25. The summed E-state index contributed by atoms with van der Waals surface area (Å²) in [4.78, 5) is 5.09. The monoisotopic (exact) mass is 788 g/mol. The van der Waals surface area contributed by atoms with Gasteiger partial charge in [0, 0.05) is 55.2 Å². The number of nitrogens with zero attached hydrogens (tertiary/aromatic N) is 6. The van der Waals surface area contributed by atoms with Crippen LogP contribution >= 0.6 is 0 Å². The third kappa shape index (κ3) is 5.51. The summed E-state index contributed by atoms with van der Waals surface area (Å²) >= 11 is 0. The highest BCUT2D eigenvalue weighted by Gasteiger charge is 2.27. The minimum atomic E-state index is 0.271. The van der Waals surface area contributed by atoms with Gasteiger partial charge in [0.2, 0.25) is 0 Å². The van der Waals surface area contributed by atoms with E-state index < -0.39 is 0 Å². The van der Waals surface area contributed by atoms with Crippen LogP contribution in [0.2, 0.25) is 0 Å². The molecule has 11 rings (SSSR count). The van der Waals surface area contributed by atoms with E-state index >= 15 is 0 Å². The Labute approximate surface area is 357 Å².